The summed E-state index contributed by atoms with van der Waals surface area (Å²) in [5.41, 5.74) is 0. The first-order valence-electron chi connectivity index (χ1n) is 8.72. The Bertz CT molecular complexity index is 424. The van der Waals surface area contributed by atoms with Crippen molar-refractivity contribution in [2.75, 3.05) is 45.9 Å². The molecule has 0 aromatic heterocycles. The number of ether oxygens (including phenoxy) is 1. The number of aliphatic imine (C=N–C) groups is 1. The van der Waals surface area contributed by atoms with Crippen LogP contribution in [0.3, 0.4) is 0 Å². The summed E-state index contributed by atoms with van der Waals surface area (Å²) in [6.07, 6.45) is 1.08. The summed E-state index contributed by atoms with van der Waals surface area (Å²) >= 11 is 0. The molecule has 138 valence electrons. The number of benzene rings is 1. The number of hydrogen-bond acceptors (Lipinski definition) is 3. The minimum atomic E-state index is 0. The average molecular weight is 448 g/mol. The highest BCUT2D eigenvalue weighted by atomic mass is 127. The maximum Gasteiger partial charge on any atom is 0.191 e. The first-order chi connectivity index (χ1) is 11.3. The SMILES string of the molecule is CCNC(=NCCCN(CC)CC)NCCOc1ccccc1.I. The molecule has 2 N–H and O–H groups in total. The van der Waals surface area contributed by atoms with Gasteiger partial charge in [-0.3, -0.25) is 4.99 Å². The van der Waals surface area contributed by atoms with Crippen LogP contribution in [0.5, 0.6) is 5.75 Å². The van der Waals surface area contributed by atoms with Crippen molar-refractivity contribution in [2.24, 2.45) is 4.99 Å². The Balaban J connectivity index is 0.00000529. The van der Waals surface area contributed by atoms with Gasteiger partial charge in [-0.1, -0.05) is 32.0 Å². The quantitative estimate of drug-likeness (QED) is 0.237. The van der Waals surface area contributed by atoms with Crippen LogP contribution in [0, 0.1) is 0 Å². The Labute approximate surface area is 164 Å². The number of para-hydroxylation sites is 1. The Hall–Kier alpha value is -1.02. The Morgan fingerprint density at radius 1 is 1.08 bits per heavy atom. The van der Waals surface area contributed by atoms with Crippen molar-refractivity contribution >= 4 is 29.9 Å². The first-order valence-corrected chi connectivity index (χ1v) is 8.72. The second-order valence-corrected chi connectivity index (χ2v) is 5.23. The van der Waals surface area contributed by atoms with Crippen LogP contribution >= 0.6 is 24.0 Å². The topological polar surface area (TPSA) is 48.9 Å². The Morgan fingerprint density at radius 2 is 1.79 bits per heavy atom. The van der Waals surface area contributed by atoms with E-state index in [1.165, 1.54) is 0 Å². The van der Waals surface area contributed by atoms with Gasteiger partial charge in [0, 0.05) is 13.1 Å². The van der Waals surface area contributed by atoms with Gasteiger partial charge in [0.15, 0.2) is 5.96 Å². The van der Waals surface area contributed by atoms with Crippen molar-refractivity contribution in [2.45, 2.75) is 27.2 Å². The lowest BCUT2D eigenvalue weighted by molar-refractivity contribution is 0.301. The predicted octanol–water partition coefficient (Wildman–Crippen LogP) is 2.97. The maximum absolute atomic E-state index is 5.67. The molecule has 6 heteroatoms. The third-order valence-electron chi connectivity index (χ3n) is 3.55. The van der Waals surface area contributed by atoms with Crippen LogP contribution in [-0.2, 0) is 0 Å². The molecule has 24 heavy (non-hydrogen) atoms. The molecule has 0 aliphatic heterocycles. The van der Waals surface area contributed by atoms with Crippen LogP contribution in [0.2, 0.25) is 0 Å². The van der Waals surface area contributed by atoms with Crippen molar-refractivity contribution in [3.63, 3.8) is 0 Å². The van der Waals surface area contributed by atoms with Crippen molar-refractivity contribution < 1.29 is 4.74 Å². The van der Waals surface area contributed by atoms with Crippen LogP contribution < -0.4 is 15.4 Å². The zero-order valence-electron chi connectivity index (χ0n) is 15.3. The molecule has 0 aliphatic carbocycles. The van der Waals surface area contributed by atoms with Crippen molar-refractivity contribution in [1.29, 1.82) is 0 Å². The van der Waals surface area contributed by atoms with Gasteiger partial charge in [-0.2, -0.15) is 0 Å². The molecular formula is C18H33IN4O. The lowest BCUT2D eigenvalue weighted by Crippen LogP contribution is -2.39. The highest BCUT2D eigenvalue weighted by Crippen LogP contribution is 2.07. The second kappa shape index (κ2) is 15.5. The fraction of sp³-hybridized carbons (Fsp3) is 0.611. The van der Waals surface area contributed by atoms with Gasteiger partial charge in [-0.25, -0.2) is 0 Å². The summed E-state index contributed by atoms with van der Waals surface area (Å²) in [7, 11) is 0. The van der Waals surface area contributed by atoms with Crippen LogP contribution in [-0.4, -0.2) is 56.7 Å². The van der Waals surface area contributed by atoms with Gasteiger partial charge in [-0.05, 0) is 45.1 Å². The van der Waals surface area contributed by atoms with Crippen LogP contribution in [0.25, 0.3) is 0 Å². The molecule has 0 saturated heterocycles. The van der Waals surface area contributed by atoms with E-state index in [-0.39, 0.29) is 24.0 Å². The lowest BCUT2D eigenvalue weighted by atomic mass is 10.3. The van der Waals surface area contributed by atoms with Gasteiger partial charge in [-0.15, -0.1) is 24.0 Å². The normalized spacial score (nSPS) is 11.1. The van der Waals surface area contributed by atoms with Gasteiger partial charge in [0.05, 0.1) is 6.54 Å². The summed E-state index contributed by atoms with van der Waals surface area (Å²) in [5, 5.41) is 6.57. The average Bonchev–Trinajstić information content (AvgIpc) is 2.59. The van der Waals surface area contributed by atoms with E-state index in [0.717, 1.165) is 57.4 Å². The Kier molecular flexibility index (Phi) is 14.8. The third-order valence-corrected chi connectivity index (χ3v) is 3.55. The number of rotatable bonds is 11. The van der Waals surface area contributed by atoms with E-state index in [4.69, 9.17) is 4.74 Å². The minimum Gasteiger partial charge on any atom is -0.492 e. The van der Waals surface area contributed by atoms with Crippen molar-refractivity contribution in [1.82, 2.24) is 15.5 Å². The molecule has 5 nitrogen and oxygen atoms in total. The van der Waals surface area contributed by atoms with E-state index < -0.39 is 0 Å². The zero-order chi connectivity index (χ0) is 16.8. The molecule has 0 spiro atoms. The molecule has 0 atom stereocenters. The molecule has 0 fully saturated rings. The number of nitrogens with one attached hydrogen (secondary N) is 2. The number of nitrogens with zero attached hydrogens (tertiary/aromatic N) is 2. The van der Waals surface area contributed by atoms with Crippen molar-refractivity contribution in [3.05, 3.63) is 30.3 Å². The van der Waals surface area contributed by atoms with E-state index in [1.54, 1.807) is 0 Å². The number of halogens is 1. The molecule has 0 amide bonds. The van der Waals surface area contributed by atoms with Gasteiger partial charge in [0.25, 0.3) is 0 Å². The lowest BCUT2D eigenvalue weighted by Gasteiger charge is -2.17. The predicted molar refractivity (Wildman–Crippen MR) is 114 cm³/mol. The third kappa shape index (κ3) is 10.7. The number of guanidine groups is 1. The molecule has 1 aromatic rings. The molecule has 0 unspecified atom stereocenters. The van der Waals surface area contributed by atoms with E-state index in [2.05, 4.69) is 41.3 Å². The summed E-state index contributed by atoms with van der Waals surface area (Å²) in [6, 6.07) is 9.87. The fourth-order valence-electron chi connectivity index (χ4n) is 2.22. The van der Waals surface area contributed by atoms with E-state index in [9.17, 15) is 0 Å². The summed E-state index contributed by atoms with van der Waals surface area (Å²) in [5.74, 6) is 1.76. The standard InChI is InChI=1S/C18H32N4O.HI/c1-4-19-18(20-13-10-15-22(5-2)6-3)21-14-16-23-17-11-8-7-9-12-17;/h7-9,11-12H,4-6,10,13-16H2,1-3H3,(H2,19,20,21);1H. The molecule has 0 heterocycles. The molecule has 0 radical (unpaired) electrons. The van der Waals surface area contributed by atoms with Crippen LogP contribution in [0.4, 0.5) is 0 Å². The monoisotopic (exact) mass is 448 g/mol. The maximum atomic E-state index is 5.67. The highest BCUT2D eigenvalue weighted by molar-refractivity contribution is 14.0. The van der Waals surface area contributed by atoms with E-state index in [1.807, 2.05) is 30.3 Å². The first kappa shape index (κ1) is 23.0. The van der Waals surface area contributed by atoms with Crippen LogP contribution in [0.15, 0.2) is 35.3 Å². The number of hydrogen-bond donors (Lipinski definition) is 2. The second-order valence-electron chi connectivity index (χ2n) is 5.23. The van der Waals surface area contributed by atoms with Gasteiger partial charge in [0.1, 0.15) is 12.4 Å². The van der Waals surface area contributed by atoms with Gasteiger partial charge in [0.2, 0.25) is 0 Å². The van der Waals surface area contributed by atoms with E-state index in [0.29, 0.717) is 6.61 Å². The summed E-state index contributed by atoms with van der Waals surface area (Å²) in [6.45, 7) is 12.8. The smallest absolute Gasteiger partial charge is 0.191 e. The minimum absolute atomic E-state index is 0. The van der Waals surface area contributed by atoms with Gasteiger partial charge < -0.3 is 20.3 Å². The zero-order valence-corrected chi connectivity index (χ0v) is 17.6. The Morgan fingerprint density at radius 3 is 2.42 bits per heavy atom. The molecular weight excluding hydrogens is 415 g/mol. The molecule has 0 aliphatic rings. The summed E-state index contributed by atoms with van der Waals surface area (Å²) < 4.78 is 5.67. The van der Waals surface area contributed by atoms with Crippen molar-refractivity contribution in [3.8, 4) is 5.75 Å². The largest absolute Gasteiger partial charge is 0.492 e. The fourth-order valence-corrected chi connectivity index (χ4v) is 2.22. The summed E-state index contributed by atoms with van der Waals surface area (Å²) in [4.78, 5) is 7.03. The molecule has 1 rings (SSSR count). The highest BCUT2D eigenvalue weighted by Gasteiger charge is 1.99. The van der Waals surface area contributed by atoms with E-state index >= 15 is 0 Å². The molecule has 1 aromatic carbocycles. The van der Waals surface area contributed by atoms with Crippen LogP contribution in [0.1, 0.15) is 27.2 Å². The van der Waals surface area contributed by atoms with Gasteiger partial charge >= 0.3 is 0 Å². The molecule has 0 bridgehead atoms. The molecule has 0 saturated carbocycles.